The molecule has 1 aromatic rings. The minimum atomic E-state index is -0.350. The Hall–Kier alpha value is -0.860. The first-order chi connectivity index (χ1) is 7.06. The molecule has 0 bridgehead atoms. The van der Waals surface area contributed by atoms with Crippen molar-refractivity contribution in [2.24, 2.45) is 0 Å². The average Bonchev–Trinajstić information content (AvgIpc) is 2.20. The Morgan fingerprint density at radius 2 is 1.73 bits per heavy atom. The van der Waals surface area contributed by atoms with E-state index in [0.717, 1.165) is 18.5 Å². The summed E-state index contributed by atoms with van der Waals surface area (Å²) in [6.45, 7) is 7.09. The van der Waals surface area contributed by atoms with E-state index in [1.165, 1.54) is 16.7 Å². The number of aliphatic hydroxyl groups excluding tert-OH is 1. The first kappa shape index (κ1) is 12.2. The molecule has 0 aliphatic rings. The fraction of sp³-hybridized carbons (Fsp3) is 0.538. The lowest BCUT2D eigenvalue weighted by Crippen LogP contribution is -2.12. The largest absolute Gasteiger partial charge is 0.388 e. The molecule has 0 saturated heterocycles. The summed E-state index contributed by atoms with van der Waals surface area (Å²) in [6.07, 6.45) is 0.413. The van der Waals surface area contributed by atoms with Crippen molar-refractivity contribution in [3.8, 4) is 0 Å². The van der Waals surface area contributed by atoms with E-state index in [1.54, 1.807) is 0 Å². The third-order valence-corrected chi connectivity index (χ3v) is 2.91. The van der Waals surface area contributed by atoms with Crippen LogP contribution in [0.5, 0.6) is 0 Å². The Balaban J connectivity index is 2.88. The van der Waals surface area contributed by atoms with Gasteiger partial charge in [-0.25, -0.2) is 0 Å². The Bertz CT molecular complexity index is 334. The zero-order chi connectivity index (χ0) is 11.4. The number of aliphatic hydroxyl groups is 1. The van der Waals surface area contributed by atoms with Crippen LogP contribution < -0.4 is 5.32 Å². The van der Waals surface area contributed by atoms with Gasteiger partial charge in [-0.15, -0.1) is 0 Å². The summed E-state index contributed by atoms with van der Waals surface area (Å²) in [5.41, 5.74) is 4.78. The molecular formula is C13H21NO. The van der Waals surface area contributed by atoms with Crippen molar-refractivity contribution in [2.75, 3.05) is 13.6 Å². The molecule has 15 heavy (non-hydrogen) atoms. The second kappa shape index (κ2) is 5.29. The maximum absolute atomic E-state index is 10.0. The highest BCUT2D eigenvalue weighted by molar-refractivity contribution is 5.37. The molecule has 0 aromatic heterocycles. The Labute approximate surface area is 92.3 Å². The van der Waals surface area contributed by atoms with Gasteiger partial charge in [0.15, 0.2) is 0 Å². The molecule has 0 aliphatic carbocycles. The van der Waals surface area contributed by atoms with Gasteiger partial charge in [0.25, 0.3) is 0 Å². The van der Waals surface area contributed by atoms with Crippen LogP contribution in [0.25, 0.3) is 0 Å². The van der Waals surface area contributed by atoms with E-state index in [4.69, 9.17) is 0 Å². The van der Waals surface area contributed by atoms with E-state index in [9.17, 15) is 5.11 Å². The van der Waals surface area contributed by atoms with Gasteiger partial charge in [0, 0.05) is 0 Å². The van der Waals surface area contributed by atoms with Crippen LogP contribution in [0.4, 0.5) is 0 Å². The van der Waals surface area contributed by atoms with E-state index in [2.05, 4.69) is 38.2 Å². The number of benzene rings is 1. The fourth-order valence-electron chi connectivity index (χ4n) is 1.78. The molecule has 0 radical (unpaired) electrons. The second-order valence-corrected chi connectivity index (χ2v) is 4.20. The standard InChI is InChI=1S/C13H21NO/c1-9-7-11(3)12(8-10(9)2)13(15)5-6-14-4/h7-8,13-15H,5-6H2,1-4H3. The normalized spacial score (nSPS) is 12.9. The summed E-state index contributed by atoms with van der Waals surface area (Å²) in [7, 11) is 1.90. The van der Waals surface area contributed by atoms with Gasteiger partial charge in [-0.05, 0) is 63.0 Å². The van der Waals surface area contributed by atoms with Gasteiger partial charge in [0.05, 0.1) is 6.10 Å². The lowest BCUT2D eigenvalue weighted by molar-refractivity contribution is 0.167. The van der Waals surface area contributed by atoms with Crippen LogP contribution in [0, 0.1) is 20.8 Å². The summed E-state index contributed by atoms with van der Waals surface area (Å²) in [5, 5.41) is 13.1. The van der Waals surface area contributed by atoms with E-state index < -0.39 is 0 Å². The fourth-order valence-corrected chi connectivity index (χ4v) is 1.78. The molecule has 1 aromatic carbocycles. The lowest BCUT2D eigenvalue weighted by atomic mass is 9.96. The van der Waals surface area contributed by atoms with Crippen LogP contribution in [0.1, 0.15) is 34.8 Å². The number of aryl methyl sites for hydroxylation is 3. The number of hydrogen-bond acceptors (Lipinski definition) is 2. The molecule has 1 unspecified atom stereocenters. The van der Waals surface area contributed by atoms with Crippen molar-refractivity contribution in [3.05, 3.63) is 34.4 Å². The first-order valence-electron chi connectivity index (χ1n) is 5.46. The highest BCUT2D eigenvalue weighted by atomic mass is 16.3. The predicted molar refractivity (Wildman–Crippen MR) is 64.2 cm³/mol. The van der Waals surface area contributed by atoms with Crippen molar-refractivity contribution in [1.82, 2.24) is 5.32 Å². The quantitative estimate of drug-likeness (QED) is 0.793. The first-order valence-corrected chi connectivity index (χ1v) is 5.46. The summed E-state index contributed by atoms with van der Waals surface area (Å²) >= 11 is 0. The van der Waals surface area contributed by atoms with Crippen LogP contribution in [-0.2, 0) is 0 Å². The summed E-state index contributed by atoms with van der Waals surface area (Å²) in [4.78, 5) is 0. The molecule has 0 saturated carbocycles. The van der Waals surface area contributed by atoms with E-state index >= 15 is 0 Å². The zero-order valence-corrected chi connectivity index (χ0v) is 10.1. The molecule has 84 valence electrons. The number of rotatable bonds is 4. The van der Waals surface area contributed by atoms with Gasteiger partial charge in [-0.3, -0.25) is 0 Å². The highest BCUT2D eigenvalue weighted by Crippen LogP contribution is 2.23. The smallest absolute Gasteiger partial charge is 0.0804 e. The van der Waals surface area contributed by atoms with E-state index in [1.807, 2.05) is 7.05 Å². The number of nitrogens with one attached hydrogen (secondary N) is 1. The topological polar surface area (TPSA) is 32.3 Å². The third kappa shape index (κ3) is 3.05. The average molecular weight is 207 g/mol. The van der Waals surface area contributed by atoms with Crippen LogP contribution >= 0.6 is 0 Å². The van der Waals surface area contributed by atoms with Gasteiger partial charge < -0.3 is 10.4 Å². The van der Waals surface area contributed by atoms with Crippen LogP contribution in [0.15, 0.2) is 12.1 Å². The Morgan fingerprint density at radius 1 is 1.13 bits per heavy atom. The van der Waals surface area contributed by atoms with Crippen LogP contribution in [0.2, 0.25) is 0 Å². The van der Waals surface area contributed by atoms with Crippen molar-refractivity contribution in [3.63, 3.8) is 0 Å². The van der Waals surface area contributed by atoms with Crippen LogP contribution in [-0.4, -0.2) is 18.7 Å². The maximum Gasteiger partial charge on any atom is 0.0804 e. The van der Waals surface area contributed by atoms with Crippen molar-refractivity contribution in [2.45, 2.75) is 33.3 Å². The SMILES string of the molecule is CNCCC(O)c1cc(C)c(C)cc1C. The predicted octanol–water partition coefficient (Wildman–Crippen LogP) is 2.25. The number of hydrogen-bond donors (Lipinski definition) is 2. The molecule has 2 nitrogen and oxygen atoms in total. The minimum Gasteiger partial charge on any atom is -0.388 e. The van der Waals surface area contributed by atoms with Crippen molar-refractivity contribution in [1.29, 1.82) is 0 Å². The molecule has 2 N–H and O–H groups in total. The van der Waals surface area contributed by atoms with E-state index in [-0.39, 0.29) is 6.10 Å². The van der Waals surface area contributed by atoms with Crippen molar-refractivity contribution >= 4 is 0 Å². The highest BCUT2D eigenvalue weighted by Gasteiger charge is 2.10. The molecule has 0 heterocycles. The lowest BCUT2D eigenvalue weighted by Gasteiger charge is -2.15. The summed E-state index contributed by atoms with van der Waals surface area (Å²) in [5.74, 6) is 0. The van der Waals surface area contributed by atoms with Gasteiger partial charge in [0.2, 0.25) is 0 Å². The van der Waals surface area contributed by atoms with Crippen molar-refractivity contribution < 1.29 is 5.11 Å². The summed E-state index contributed by atoms with van der Waals surface area (Å²) in [6, 6.07) is 4.25. The molecule has 0 spiro atoms. The Morgan fingerprint density at radius 3 is 2.33 bits per heavy atom. The van der Waals surface area contributed by atoms with E-state index in [0.29, 0.717) is 0 Å². The summed E-state index contributed by atoms with van der Waals surface area (Å²) < 4.78 is 0. The molecular weight excluding hydrogens is 186 g/mol. The van der Waals surface area contributed by atoms with Gasteiger partial charge in [-0.2, -0.15) is 0 Å². The van der Waals surface area contributed by atoms with Gasteiger partial charge in [0.1, 0.15) is 0 Å². The molecule has 1 atom stereocenters. The second-order valence-electron chi connectivity index (χ2n) is 4.20. The molecule has 1 rings (SSSR count). The van der Waals surface area contributed by atoms with Gasteiger partial charge in [-0.1, -0.05) is 12.1 Å². The van der Waals surface area contributed by atoms with Crippen LogP contribution in [0.3, 0.4) is 0 Å². The molecule has 0 fully saturated rings. The maximum atomic E-state index is 10.0. The Kier molecular flexibility index (Phi) is 4.30. The molecule has 0 aliphatic heterocycles. The zero-order valence-electron chi connectivity index (χ0n) is 10.1. The molecule has 0 amide bonds. The minimum absolute atomic E-state index is 0.350. The molecule has 2 heteroatoms. The third-order valence-electron chi connectivity index (χ3n) is 2.91. The van der Waals surface area contributed by atoms with Gasteiger partial charge >= 0.3 is 0 Å². The monoisotopic (exact) mass is 207 g/mol.